The van der Waals surface area contributed by atoms with E-state index in [-0.39, 0.29) is 11.0 Å². The molecule has 0 saturated carbocycles. The van der Waals surface area contributed by atoms with E-state index < -0.39 is 5.97 Å². The number of nitrogens with one attached hydrogen (secondary N) is 1. The molecule has 0 radical (unpaired) electrons. The molecule has 0 saturated heterocycles. The summed E-state index contributed by atoms with van der Waals surface area (Å²) in [4.78, 5) is 11.9. The molecule has 18 heavy (non-hydrogen) atoms. The van der Waals surface area contributed by atoms with Crippen molar-refractivity contribution in [1.29, 1.82) is 0 Å². The summed E-state index contributed by atoms with van der Waals surface area (Å²) in [7, 11) is 0. The molecule has 0 unspecified atom stereocenters. The van der Waals surface area contributed by atoms with E-state index in [0.717, 1.165) is 17.8 Å². The van der Waals surface area contributed by atoms with Crippen molar-refractivity contribution < 1.29 is 9.90 Å². The van der Waals surface area contributed by atoms with E-state index in [4.69, 9.17) is 5.11 Å². The number of hydrogen-bond donors (Lipinski definition) is 2. The van der Waals surface area contributed by atoms with Gasteiger partial charge >= 0.3 is 5.97 Å². The maximum Gasteiger partial charge on any atom is 0.336 e. The maximum absolute atomic E-state index is 10.8. The van der Waals surface area contributed by atoms with E-state index in [0.29, 0.717) is 5.56 Å². The molecule has 0 amide bonds. The predicted molar refractivity (Wildman–Crippen MR) is 76.3 cm³/mol. The van der Waals surface area contributed by atoms with Crippen LogP contribution < -0.4 is 5.32 Å². The Morgan fingerprint density at radius 3 is 2.39 bits per heavy atom. The summed E-state index contributed by atoms with van der Waals surface area (Å²) in [6.45, 7) is 11.8. The number of rotatable bonds is 5. The number of aromatic carboxylic acids is 1. The van der Waals surface area contributed by atoms with Crippen LogP contribution in [0.15, 0.2) is 11.4 Å². The molecule has 1 aromatic heterocycles. The van der Waals surface area contributed by atoms with Crippen LogP contribution >= 0.6 is 11.3 Å². The molecule has 2 N–H and O–H groups in total. The number of thiophene rings is 1. The normalized spacial score (nSPS) is 12.7. The van der Waals surface area contributed by atoms with Crippen LogP contribution in [0.1, 0.15) is 56.3 Å². The number of carboxylic acid groups (broad SMARTS) is 1. The largest absolute Gasteiger partial charge is 0.478 e. The molecule has 0 spiro atoms. The monoisotopic (exact) mass is 269 g/mol. The second kappa shape index (κ2) is 5.41. The third kappa shape index (κ3) is 5.19. The number of hydrogen-bond acceptors (Lipinski definition) is 3. The highest BCUT2D eigenvalue weighted by molar-refractivity contribution is 7.10. The van der Waals surface area contributed by atoms with Gasteiger partial charge in [0.25, 0.3) is 0 Å². The van der Waals surface area contributed by atoms with Crippen LogP contribution in [0.4, 0.5) is 0 Å². The van der Waals surface area contributed by atoms with Crippen molar-refractivity contribution >= 4 is 17.3 Å². The third-order valence-electron chi connectivity index (χ3n) is 2.61. The lowest BCUT2D eigenvalue weighted by Crippen LogP contribution is -2.41. The van der Waals surface area contributed by atoms with Crippen molar-refractivity contribution in [1.82, 2.24) is 5.32 Å². The van der Waals surface area contributed by atoms with Crippen LogP contribution in [-0.2, 0) is 6.54 Å². The highest BCUT2D eigenvalue weighted by atomic mass is 32.1. The Morgan fingerprint density at radius 1 is 1.33 bits per heavy atom. The standard InChI is InChI=1S/C14H23NO2S/c1-13(2,3)9-14(4,5)15-7-11-6-10(8-18-11)12(16)17/h6,8,15H,7,9H2,1-5H3,(H,16,17). The molecule has 0 bridgehead atoms. The van der Waals surface area contributed by atoms with Crippen LogP contribution in [0.3, 0.4) is 0 Å². The minimum atomic E-state index is -0.855. The van der Waals surface area contributed by atoms with Gasteiger partial charge < -0.3 is 10.4 Å². The summed E-state index contributed by atoms with van der Waals surface area (Å²) in [5.74, 6) is -0.855. The summed E-state index contributed by atoms with van der Waals surface area (Å²) in [6, 6.07) is 1.74. The van der Waals surface area contributed by atoms with Gasteiger partial charge in [0.2, 0.25) is 0 Å². The highest BCUT2D eigenvalue weighted by Gasteiger charge is 2.24. The van der Waals surface area contributed by atoms with Crippen LogP contribution in [0, 0.1) is 5.41 Å². The molecule has 0 atom stereocenters. The second-order valence-electron chi connectivity index (χ2n) is 6.58. The summed E-state index contributed by atoms with van der Waals surface area (Å²) in [6.07, 6.45) is 1.07. The Labute approximate surface area is 113 Å². The molecule has 0 aromatic carbocycles. The molecular formula is C14H23NO2S. The van der Waals surface area contributed by atoms with Crippen LogP contribution in [0.25, 0.3) is 0 Å². The zero-order chi connectivity index (χ0) is 14.0. The van der Waals surface area contributed by atoms with Gasteiger partial charge in [-0.25, -0.2) is 4.79 Å². The van der Waals surface area contributed by atoms with Crippen molar-refractivity contribution in [2.75, 3.05) is 0 Å². The van der Waals surface area contributed by atoms with Gasteiger partial charge in [-0.15, -0.1) is 11.3 Å². The molecule has 1 heterocycles. The Hall–Kier alpha value is -0.870. The maximum atomic E-state index is 10.8. The topological polar surface area (TPSA) is 49.3 Å². The van der Waals surface area contributed by atoms with Gasteiger partial charge in [0, 0.05) is 22.3 Å². The Balaban J connectivity index is 2.56. The van der Waals surface area contributed by atoms with Crippen LogP contribution in [0.5, 0.6) is 0 Å². The minimum absolute atomic E-state index is 0.0472. The van der Waals surface area contributed by atoms with Gasteiger partial charge in [0.15, 0.2) is 0 Å². The Morgan fingerprint density at radius 2 is 1.94 bits per heavy atom. The van der Waals surface area contributed by atoms with Crippen molar-refractivity contribution in [3.8, 4) is 0 Å². The number of carbonyl (C=O) groups is 1. The molecule has 0 aliphatic carbocycles. The smallest absolute Gasteiger partial charge is 0.336 e. The molecular weight excluding hydrogens is 246 g/mol. The van der Waals surface area contributed by atoms with E-state index in [9.17, 15) is 4.79 Å². The average Bonchev–Trinajstić information content (AvgIpc) is 2.59. The zero-order valence-electron chi connectivity index (χ0n) is 11.8. The van der Waals surface area contributed by atoms with Gasteiger partial charge in [0.05, 0.1) is 5.56 Å². The molecule has 102 valence electrons. The summed E-state index contributed by atoms with van der Waals surface area (Å²) in [5.41, 5.74) is 0.703. The van der Waals surface area contributed by atoms with Crippen LogP contribution in [-0.4, -0.2) is 16.6 Å². The molecule has 0 aliphatic heterocycles. The van der Waals surface area contributed by atoms with Crippen molar-refractivity contribution in [2.45, 2.75) is 53.1 Å². The fraction of sp³-hybridized carbons (Fsp3) is 0.643. The van der Waals surface area contributed by atoms with Crippen LogP contribution in [0.2, 0.25) is 0 Å². The van der Waals surface area contributed by atoms with Gasteiger partial charge in [0.1, 0.15) is 0 Å². The Kier molecular flexibility index (Phi) is 4.56. The van der Waals surface area contributed by atoms with E-state index in [1.54, 1.807) is 11.4 Å². The Bertz CT molecular complexity index is 416. The first-order chi connectivity index (χ1) is 8.09. The lowest BCUT2D eigenvalue weighted by atomic mass is 9.82. The number of carboxylic acids is 1. The first-order valence-corrected chi connectivity index (χ1v) is 7.03. The quantitative estimate of drug-likeness (QED) is 0.856. The lowest BCUT2D eigenvalue weighted by Gasteiger charge is -2.33. The SMILES string of the molecule is CC(C)(C)CC(C)(C)NCc1cc(C(=O)O)cs1. The van der Waals surface area contributed by atoms with E-state index >= 15 is 0 Å². The van der Waals surface area contributed by atoms with Crippen molar-refractivity contribution in [2.24, 2.45) is 5.41 Å². The molecule has 1 rings (SSSR count). The van der Waals surface area contributed by atoms with E-state index in [2.05, 4.69) is 39.9 Å². The summed E-state index contributed by atoms with van der Waals surface area (Å²) >= 11 is 1.49. The molecule has 0 fully saturated rings. The van der Waals surface area contributed by atoms with Gasteiger partial charge in [-0.2, -0.15) is 0 Å². The van der Waals surface area contributed by atoms with E-state index in [1.807, 2.05) is 0 Å². The highest BCUT2D eigenvalue weighted by Crippen LogP contribution is 2.27. The predicted octanol–water partition coefficient (Wildman–Crippen LogP) is 3.75. The molecule has 0 aliphatic rings. The minimum Gasteiger partial charge on any atom is -0.478 e. The van der Waals surface area contributed by atoms with Crippen molar-refractivity contribution in [3.05, 3.63) is 21.9 Å². The second-order valence-corrected chi connectivity index (χ2v) is 7.58. The lowest BCUT2D eigenvalue weighted by molar-refractivity contribution is 0.0697. The molecule has 4 heteroatoms. The third-order valence-corrected chi connectivity index (χ3v) is 3.55. The average molecular weight is 269 g/mol. The summed E-state index contributed by atoms with van der Waals surface area (Å²) in [5, 5.41) is 14.1. The first kappa shape index (κ1) is 15.2. The van der Waals surface area contributed by atoms with E-state index in [1.165, 1.54) is 11.3 Å². The molecule has 1 aromatic rings. The zero-order valence-corrected chi connectivity index (χ0v) is 12.6. The van der Waals surface area contributed by atoms with Gasteiger partial charge in [-0.3, -0.25) is 0 Å². The van der Waals surface area contributed by atoms with Gasteiger partial charge in [-0.1, -0.05) is 20.8 Å². The summed E-state index contributed by atoms with van der Waals surface area (Å²) < 4.78 is 0. The first-order valence-electron chi connectivity index (χ1n) is 6.15. The van der Waals surface area contributed by atoms with Gasteiger partial charge in [-0.05, 0) is 31.7 Å². The fourth-order valence-corrected chi connectivity index (χ4v) is 3.10. The fourth-order valence-electron chi connectivity index (χ4n) is 2.30. The van der Waals surface area contributed by atoms with Crippen molar-refractivity contribution in [3.63, 3.8) is 0 Å². The molecule has 3 nitrogen and oxygen atoms in total.